The number of aromatic amines is 2. The van der Waals surface area contributed by atoms with Gasteiger partial charge in [0, 0.05) is 24.7 Å². The first-order valence-corrected chi connectivity index (χ1v) is 10.7. The van der Waals surface area contributed by atoms with Crippen molar-refractivity contribution >= 4 is 16.9 Å². The molecule has 0 bridgehead atoms. The van der Waals surface area contributed by atoms with E-state index in [9.17, 15) is 9.90 Å². The summed E-state index contributed by atoms with van der Waals surface area (Å²) >= 11 is 0. The van der Waals surface area contributed by atoms with Gasteiger partial charge in [0.15, 0.2) is 5.82 Å². The number of fused-ring (bicyclic) bond motifs is 1. The van der Waals surface area contributed by atoms with E-state index in [-0.39, 0.29) is 17.7 Å². The van der Waals surface area contributed by atoms with Gasteiger partial charge in [0.25, 0.3) is 0 Å². The highest BCUT2D eigenvalue weighted by molar-refractivity contribution is 5.91. The number of imidazole rings is 1. The Morgan fingerprint density at radius 3 is 2.73 bits per heavy atom. The number of nitrogens with one attached hydrogen (secondary N) is 2. The summed E-state index contributed by atoms with van der Waals surface area (Å²) < 4.78 is 0. The van der Waals surface area contributed by atoms with E-state index in [4.69, 9.17) is 15.7 Å². The van der Waals surface area contributed by atoms with E-state index in [0.29, 0.717) is 22.9 Å². The van der Waals surface area contributed by atoms with Crippen LogP contribution in [0.3, 0.4) is 0 Å². The molecule has 1 spiro atoms. The summed E-state index contributed by atoms with van der Waals surface area (Å²) in [6.07, 6.45) is 5.69. The third-order valence-electron chi connectivity index (χ3n) is 7.11. The van der Waals surface area contributed by atoms with Crippen LogP contribution in [0.5, 0.6) is 0 Å². The van der Waals surface area contributed by atoms with Crippen molar-refractivity contribution in [3.63, 3.8) is 0 Å². The zero-order valence-corrected chi connectivity index (χ0v) is 17.2. The Morgan fingerprint density at radius 2 is 2.03 bits per heavy atom. The van der Waals surface area contributed by atoms with E-state index < -0.39 is 0 Å². The molecule has 1 saturated carbocycles. The minimum absolute atomic E-state index is 0.184. The zero-order chi connectivity index (χ0) is 20.9. The number of anilines is 1. The fourth-order valence-corrected chi connectivity index (χ4v) is 5.36. The van der Waals surface area contributed by atoms with Crippen molar-refractivity contribution in [2.24, 2.45) is 11.1 Å². The molecule has 1 aromatic carbocycles. The quantitative estimate of drug-likeness (QED) is 0.527. The molecule has 0 amide bonds. The Kier molecular flexibility index (Phi) is 4.63. The van der Waals surface area contributed by atoms with E-state index in [0.717, 1.165) is 54.9 Å². The number of piperidine rings is 1. The van der Waals surface area contributed by atoms with Crippen molar-refractivity contribution in [1.29, 1.82) is 0 Å². The summed E-state index contributed by atoms with van der Waals surface area (Å²) in [7, 11) is 0. The lowest BCUT2D eigenvalue weighted by Gasteiger charge is -2.42. The summed E-state index contributed by atoms with van der Waals surface area (Å²) in [6.45, 7) is 3.51. The molecule has 1 saturated heterocycles. The number of aryl methyl sites for hydroxylation is 1. The highest BCUT2D eigenvalue weighted by Gasteiger charge is 2.43. The van der Waals surface area contributed by atoms with Crippen molar-refractivity contribution < 1.29 is 5.11 Å². The van der Waals surface area contributed by atoms with Gasteiger partial charge in [0.2, 0.25) is 0 Å². The van der Waals surface area contributed by atoms with Gasteiger partial charge in [-0.15, -0.1) is 0 Å². The van der Waals surface area contributed by atoms with Gasteiger partial charge in [0.05, 0.1) is 29.0 Å². The average molecular weight is 409 g/mol. The summed E-state index contributed by atoms with van der Waals surface area (Å²) in [5, 5.41) is 10.1. The predicted molar refractivity (Wildman–Crippen MR) is 116 cm³/mol. The molecule has 1 aliphatic heterocycles. The fraction of sp³-hybridized carbons (Fsp3) is 0.500. The largest absolute Gasteiger partial charge is 0.390 e. The molecule has 3 aromatic rings. The lowest BCUT2D eigenvalue weighted by atomic mass is 9.74. The standard InChI is InChI=1S/C22H28N6O2/c1-13-18(14-4-2-5-15-19(14)27-21(30)26-15)25-16(12-29)20(24-13)28-10-8-22(9-11-28)7-3-6-17(22)23/h2,4-5,17,29H,3,6-12,23H2,1H3,(H2,26,27,30)/t17-/m1/s1. The number of hydrogen-bond acceptors (Lipinski definition) is 6. The molecule has 2 aromatic heterocycles. The molecular weight excluding hydrogens is 380 g/mol. The summed E-state index contributed by atoms with van der Waals surface area (Å²) in [4.78, 5) is 29.3. The van der Waals surface area contributed by atoms with Crippen molar-refractivity contribution in [3.05, 3.63) is 40.1 Å². The summed E-state index contributed by atoms with van der Waals surface area (Å²) in [5.41, 5.74) is 10.7. The maximum atomic E-state index is 11.8. The number of aromatic nitrogens is 4. The van der Waals surface area contributed by atoms with Crippen LogP contribution in [0, 0.1) is 12.3 Å². The van der Waals surface area contributed by atoms with Crippen LogP contribution in [-0.2, 0) is 6.61 Å². The highest BCUT2D eigenvalue weighted by Crippen LogP contribution is 2.46. The lowest BCUT2D eigenvalue weighted by molar-refractivity contribution is 0.196. The van der Waals surface area contributed by atoms with Crippen molar-refractivity contribution in [2.75, 3.05) is 18.0 Å². The predicted octanol–water partition coefficient (Wildman–Crippen LogP) is 2.21. The van der Waals surface area contributed by atoms with E-state index in [1.54, 1.807) is 0 Å². The SMILES string of the molecule is Cc1nc(N2CCC3(CCC[C@H]3N)CC2)c(CO)nc1-c1cccc2[nH]c(=O)[nH]c12. The van der Waals surface area contributed by atoms with Crippen LogP contribution < -0.4 is 16.3 Å². The maximum absolute atomic E-state index is 11.8. The van der Waals surface area contributed by atoms with Gasteiger partial charge in [-0.05, 0) is 44.1 Å². The van der Waals surface area contributed by atoms with Crippen molar-refractivity contribution in [2.45, 2.75) is 51.7 Å². The van der Waals surface area contributed by atoms with Crippen LogP contribution in [0.4, 0.5) is 5.82 Å². The minimum atomic E-state index is -0.255. The number of para-hydroxylation sites is 1. The van der Waals surface area contributed by atoms with Gasteiger partial charge in [-0.25, -0.2) is 14.8 Å². The number of hydrogen-bond donors (Lipinski definition) is 4. The Labute approximate surface area is 174 Å². The topological polar surface area (TPSA) is 124 Å². The Bertz CT molecular complexity index is 1140. The van der Waals surface area contributed by atoms with Crippen molar-refractivity contribution in [1.82, 2.24) is 19.9 Å². The van der Waals surface area contributed by atoms with Crippen LogP contribution >= 0.6 is 0 Å². The number of nitrogens with zero attached hydrogens (tertiary/aromatic N) is 3. The average Bonchev–Trinajstić information content (AvgIpc) is 3.30. The van der Waals surface area contributed by atoms with Crippen LogP contribution in [-0.4, -0.2) is 44.2 Å². The van der Waals surface area contributed by atoms with Crippen LogP contribution in [0.15, 0.2) is 23.0 Å². The van der Waals surface area contributed by atoms with E-state index in [1.165, 1.54) is 12.8 Å². The Morgan fingerprint density at radius 1 is 1.23 bits per heavy atom. The minimum Gasteiger partial charge on any atom is -0.390 e. The van der Waals surface area contributed by atoms with E-state index in [2.05, 4.69) is 14.9 Å². The zero-order valence-electron chi connectivity index (χ0n) is 17.2. The molecule has 1 aliphatic carbocycles. The second-order valence-electron chi connectivity index (χ2n) is 8.74. The second-order valence-corrected chi connectivity index (χ2v) is 8.74. The van der Waals surface area contributed by atoms with Crippen LogP contribution in [0.1, 0.15) is 43.5 Å². The molecule has 0 unspecified atom stereocenters. The number of rotatable bonds is 3. The molecule has 2 aliphatic rings. The third-order valence-corrected chi connectivity index (χ3v) is 7.11. The smallest absolute Gasteiger partial charge is 0.323 e. The molecule has 8 heteroatoms. The summed E-state index contributed by atoms with van der Waals surface area (Å²) in [6, 6.07) is 5.94. The van der Waals surface area contributed by atoms with E-state index in [1.807, 2.05) is 25.1 Å². The lowest BCUT2D eigenvalue weighted by Crippen LogP contribution is -2.47. The molecule has 3 heterocycles. The van der Waals surface area contributed by atoms with Gasteiger partial charge >= 0.3 is 5.69 Å². The molecule has 158 valence electrons. The molecule has 1 atom stereocenters. The molecule has 0 radical (unpaired) electrons. The normalized spacial score (nSPS) is 21.0. The molecule has 2 fully saturated rings. The number of benzene rings is 1. The molecule has 5 rings (SSSR count). The van der Waals surface area contributed by atoms with Crippen LogP contribution in [0.2, 0.25) is 0 Å². The van der Waals surface area contributed by atoms with Gasteiger partial charge in [-0.3, -0.25) is 0 Å². The molecule has 5 N–H and O–H groups in total. The number of nitrogens with two attached hydrogens (primary N) is 1. The maximum Gasteiger partial charge on any atom is 0.323 e. The van der Waals surface area contributed by atoms with Gasteiger partial charge in [0.1, 0.15) is 5.69 Å². The van der Waals surface area contributed by atoms with Gasteiger partial charge in [-0.2, -0.15) is 0 Å². The fourth-order valence-electron chi connectivity index (χ4n) is 5.36. The summed E-state index contributed by atoms with van der Waals surface area (Å²) in [5.74, 6) is 0.759. The molecule has 30 heavy (non-hydrogen) atoms. The molecular formula is C22H28N6O2. The third kappa shape index (κ3) is 3.02. The second kappa shape index (κ2) is 7.21. The first-order valence-electron chi connectivity index (χ1n) is 10.7. The van der Waals surface area contributed by atoms with E-state index >= 15 is 0 Å². The van der Waals surface area contributed by atoms with Crippen LogP contribution in [0.25, 0.3) is 22.3 Å². The van der Waals surface area contributed by atoms with Crippen molar-refractivity contribution in [3.8, 4) is 11.3 Å². The number of aliphatic hydroxyl groups is 1. The highest BCUT2D eigenvalue weighted by atomic mass is 16.3. The number of H-pyrrole nitrogens is 2. The van der Waals surface area contributed by atoms with Gasteiger partial charge in [-0.1, -0.05) is 18.6 Å². The first-order chi connectivity index (χ1) is 14.5. The van der Waals surface area contributed by atoms with Gasteiger partial charge < -0.3 is 25.7 Å². The number of aliphatic hydroxyl groups excluding tert-OH is 1. The molecule has 8 nitrogen and oxygen atoms in total. The monoisotopic (exact) mass is 408 g/mol. The Balaban J connectivity index is 1.50. The first kappa shape index (κ1) is 19.3. The Hall–Kier alpha value is -2.71.